The van der Waals surface area contributed by atoms with Crippen LogP contribution in [-0.4, -0.2) is 368 Å². The molecule has 4 heterocycles. The van der Waals surface area contributed by atoms with Gasteiger partial charge in [-0.1, -0.05) is 20.0 Å². The molecule has 0 radical (unpaired) electrons. The Bertz CT molecular complexity index is 2730. The van der Waals surface area contributed by atoms with Crippen LogP contribution >= 0.6 is 0 Å². The molecular weight excluding hydrogens is 1970 g/mol. The first-order valence-corrected chi connectivity index (χ1v) is 88.2. The molecule has 0 amide bonds. The number of hydrogen-bond donors (Lipinski definition) is 5. The van der Waals surface area contributed by atoms with Gasteiger partial charge in [-0.15, -0.1) is 0 Å². The third kappa shape index (κ3) is 44.3. The first kappa shape index (κ1) is 123. The van der Waals surface area contributed by atoms with Crippen molar-refractivity contribution < 1.29 is 176 Å². The zero-order valence-electron chi connectivity index (χ0n) is 80.5. The number of ether oxygens (including phenoxy) is 4. The maximum Gasteiger partial charge on any atom is 0.660 e. The minimum Gasteiger partial charge on any atom is -0.425 e. The van der Waals surface area contributed by atoms with E-state index in [4.69, 9.17) is 161 Å². The number of rotatable bonds is 70. The Hall–Kier alpha value is 2.74. The molecule has 0 aromatic rings. The monoisotopic (exact) mass is 2130 g/mol. The highest BCUT2D eigenvalue weighted by Gasteiger charge is 2.88. The second-order valence-electron chi connectivity index (χ2n) is 31.9. The molecule has 124 heavy (non-hydrogen) atoms. The zero-order chi connectivity index (χ0) is 93.7. The Morgan fingerprint density at radius 3 is 0.774 bits per heavy atom. The lowest BCUT2D eigenvalue weighted by molar-refractivity contribution is -0.105. The van der Waals surface area contributed by atoms with Crippen LogP contribution in [0.25, 0.3) is 0 Å². The summed E-state index contributed by atoms with van der Waals surface area (Å²) < 4.78 is 245. The highest BCUT2D eigenvalue weighted by molar-refractivity contribution is 7.01. The van der Waals surface area contributed by atoms with Crippen molar-refractivity contribution in [3.63, 3.8) is 0 Å². The molecule has 0 aromatic carbocycles. The minimum atomic E-state index is -5.97. The Morgan fingerprint density at radius 2 is 0.516 bits per heavy atom. The smallest absolute Gasteiger partial charge is 0.425 e. The fourth-order valence-corrected chi connectivity index (χ4v) is 93.1. The molecule has 40 nitrogen and oxygen atoms in total. The quantitative estimate of drug-likeness (QED) is 0.0293. The molecule has 4 rings (SSSR count). The fraction of sp³-hybridized carbons (Fsp3) is 1.00. The molecule has 6 bridgehead atoms. The summed E-state index contributed by atoms with van der Waals surface area (Å²) in [5.74, 6) is 0. The van der Waals surface area contributed by atoms with E-state index in [1.807, 2.05) is 175 Å². The largest absolute Gasteiger partial charge is 0.660 e. The summed E-state index contributed by atoms with van der Waals surface area (Å²) in [6, 6.07) is 3.41. The summed E-state index contributed by atoms with van der Waals surface area (Å²) in [6.45, 7) is 57.4. The van der Waals surface area contributed by atoms with Gasteiger partial charge in [0, 0.05) is 147 Å². The molecule has 8 atom stereocenters. The van der Waals surface area contributed by atoms with Gasteiger partial charge in [-0.2, -0.15) is 0 Å². The molecular formula is C64H166O40Si20. The van der Waals surface area contributed by atoms with Crippen molar-refractivity contribution in [2.75, 3.05) is 166 Å². The molecule has 8 unspecified atom stereocenters. The number of hydrogen-bond acceptors (Lipinski definition) is 40. The lowest BCUT2D eigenvalue weighted by atomic mass is 10.5. The molecule has 0 aromatic heterocycles. The van der Waals surface area contributed by atoms with E-state index in [2.05, 4.69) is 6.55 Å². The van der Waals surface area contributed by atoms with Gasteiger partial charge in [0.2, 0.25) is 0 Å². The molecule has 4 fully saturated rings. The third-order valence-corrected chi connectivity index (χ3v) is 85.8. The van der Waals surface area contributed by atoms with Crippen LogP contribution in [0.15, 0.2) is 0 Å². The van der Waals surface area contributed by atoms with E-state index >= 15 is 0 Å². The Morgan fingerprint density at radius 1 is 0.282 bits per heavy atom. The van der Waals surface area contributed by atoms with Crippen LogP contribution in [0.2, 0.25) is 158 Å². The van der Waals surface area contributed by atoms with E-state index in [1.54, 1.807) is 0 Å². The van der Waals surface area contributed by atoms with Crippen LogP contribution in [0.1, 0.15) is 96.4 Å². The van der Waals surface area contributed by atoms with Crippen LogP contribution in [0.4, 0.5) is 0 Å². The molecule has 5 N–H and O–H groups in total. The predicted octanol–water partition coefficient (Wildman–Crippen LogP) is 7.35. The van der Waals surface area contributed by atoms with Gasteiger partial charge in [-0.05, 0) is 210 Å². The fourth-order valence-electron chi connectivity index (χ4n) is 12.6. The highest BCUT2D eigenvalue weighted by atomic mass is 28.7. The molecule has 4 aliphatic rings. The Balaban J connectivity index is 0.00000316. The van der Waals surface area contributed by atoms with E-state index in [1.165, 1.54) is 13.2 Å². The minimum absolute atomic E-state index is 0.00736. The van der Waals surface area contributed by atoms with E-state index in [0.717, 1.165) is 19.6 Å². The van der Waals surface area contributed by atoms with Crippen molar-refractivity contribution in [3.05, 3.63) is 0 Å². The maximum atomic E-state index is 14.6. The van der Waals surface area contributed by atoms with Crippen LogP contribution in [0.5, 0.6) is 0 Å². The van der Waals surface area contributed by atoms with Crippen LogP contribution in [0, 0.1) is 0 Å². The maximum absolute atomic E-state index is 14.6. The normalized spacial score (nSPS) is 24.7. The van der Waals surface area contributed by atoms with Crippen molar-refractivity contribution in [2.24, 2.45) is 0 Å². The van der Waals surface area contributed by atoms with Gasteiger partial charge in [0.15, 0.2) is 49.9 Å². The topological polar surface area (TPSA) is 424 Å². The van der Waals surface area contributed by atoms with Crippen LogP contribution in [0.3, 0.4) is 0 Å². The summed E-state index contributed by atoms with van der Waals surface area (Å²) in [5.41, 5.74) is 0. The Kier molecular flexibility index (Phi) is 59.3. The first-order valence-electron chi connectivity index (χ1n) is 44.5. The van der Waals surface area contributed by atoms with Gasteiger partial charge >= 0.3 is 108 Å². The van der Waals surface area contributed by atoms with Gasteiger partial charge in [0.1, 0.15) is 9.76 Å². The molecule has 4 aliphatic heterocycles. The zero-order valence-corrected chi connectivity index (χ0v) is 101. The van der Waals surface area contributed by atoms with Gasteiger partial charge in [0.25, 0.3) is 0 Å². The second-order valence-corrected chi connectivity index (χ2v) is 92.8. The average molecular weight is 2140 g/mol. The average Bonchev–Trinajstić information content (AvgIpc) is 0.693. The lowest BCUT2D eigenvalue weighted by Gasteiger charge is -2.57. The molecule has 0 saturated carbocycles. The summed E-state index contributed by atoms with van der Waals surface area (Å²) in [4.78, 5) is 14.6. The molecule has 0 aliphatic carbocycles. The molecule has 0 spiro atoms. The van der Waals surface area contributed by atoms with Crippen molar-refractivity contribution in [3.8, 4) is 0 Å². The van der Waals surface area contributed by atoms with E-state index in [-0.39, 0.29) is 202 Å². The number of fused-ring (bicyclic) bond motifs is 4. The van der Waals surface area contributed by atoms with Gasteiger partial charge in [0.05, 0.1) is 52.9 Å². The van der Waals surface area contributed by atoms with Crippen molar-refractivity contribution in [2.45, 2.75) is 255 Å². The van der Waals surface area contributed by atoms with E-state index < -0.39 is 168 Å². The van der Waals surface area contributed by atoms with Crippen LogP contribution < -0.4 is 0 Å². The summed E-state index contributed by atoms with van der Waals surface area (Å²) in [7, 11) is -80.5. The molecule has 742 valence electrons. The van der Waals surface area contributed by atoms with Crippen molar-refractivity contribution in [1.29, 1.82) is 0 Å². The summed E-state index contributed by atoms with van der Waals surface area (Å²) in [6.07, 6.45) is 1.03. The van der Waals surface area contributed by atoms with Crippen molar-refractivity contribution >= 4 is 177 Å². The van der Waals surface area contributed by atoms with E-state index in [0.29, 0.717) is 13.2 Å². The van der Waals surface area contributed by atoms with Gasteiger partial charge in [-0.25, -0.2) is 0 Å². The number of aliphatic hydroxyl groups excluding tert-OH is 4. The summed E-state index contributed by atoms with van der Waals surface area (Å²) >= 11 is 0. The standard InChI is InChI=1S/C54H140O36Si19.C5H14O2Si.C5H12O2/c1-27-61-99(62-28-2,63-29-3)51-47-95(19,20)77-105-75-92(73-91-14)74-104(58-13)84-106(78-94(17,18)46-44-60-42-40-56)82-103(57,76-93(15,16)45-43-59-41-39-55)83-107(86-105,79-96(21,22)48-52-100(64-30-4,65-31-5)66-32-6)89-109(88-106,81-98(25,26)50-54-102(70-36-10,71-37-11)72-38-12)90-108(85-104,87-105)80-97(23,24)49-53-101(67-33-7,68-34-8)69-35-9;1-8-5-4-7-3-2-6;1-2-4-7-5-3-6/h55-57,92H,27-54,91H2,1-26H3;6H,2-5,8H2,1H3;6H,2-5H2,1H3. The molecule has 4 saturated heterocycles. The second kappa shape index (κ2) is 59.9. The summed E-state index contributed by atoms with van der Waals surface area (Å²) in [5, 5.41) is 36.3. The van der Waals surface area contributed by atoms with Crippen molar-refractivity contribution in [1.82, 2.24) is 0 Å². The van der Waals surface area contributed by atoms with Gasteiger partial charge in [-0.3, -0.25) is 0 Å². The number of aliphatic hydroxyl groups is 4. The Labute approximate surface area is 767 Å². The van der Waals surface area contributed by atoms with Gasteiger partial charge < -0.3 is 176 Å². The SMILES string of the molecule is CCCOCCO.CCO[Si](CC[Si](C)(C)O[Si]12O[SiH](O[SiH2]C)O[Si]3(OC)O[Si]4(O[Si](C)(C)CCOCCO)O[Si](O)(O[Si](C)(C)CCOCCO)O[Si](O[Si](C)(C)CC[Si](OCC)(OCC)OCC)(O1)O[Si](O[Si](C)(C)CC[Si](OCC)(OCC)OCC)(O4)O[Si](O[Si](C)(C)CC[Si](OCC)(OCC)OCC)(O3)O2)(OCC)OCC.C[SiH2]CCOCCO. The predicted molar refractivity (Wildman–Crippen MR) is 507 cm³/mol. The third-order valence-electron chi connectivity index (χ3n) is 17.8. The van der Waals surface area contributed by atoms with Crippen LogP contribution in [-0.2, 0) is 151 Å². The molecule has 60 heteroatoms. The lowest BCUT2D eigenvalue weighted by Crippen LogP contribution is -2.88. The first-order chi connectivity index (χ1) is 58.3. The highest BCUT2D eigenvalue weighted by Crippen LogP contribution is 2.51. The van der Waals surface area contributed by atoms with E-state index in [9.17, 15) is 15.0 Å².